The van der Waals surface area contributed by atoms with E-state index in [-0.39, 0.29) is 0 Å². The van der Waals surface area contributed by atoms with Crippen molar-refractivity contribution in [3.8, 4) is 0 Å². The van der Waals surface area contributed by atoms with E-state index < -0.39 is 0 Å². The highest BCUT2D eigenvalue weighted by Gasteiger charge is 2.08. The molecule has 2 aromatic heterocycles. The summed E-state index contributed by atoms with van der Waals surface area (Å²) in [6.45, 7) is 2.47. The van der Waals surface area contributed by atoms with Gasteiger partial charge in [0.25, 0.3) is 0 Å². The van der Waals surface area contributed by atoms with E-state index in [4.69, 9.17) is 4.42 Å². The van der Waals surface area contributed by atoms with E-state index >= 15 is 0 Å². The average Bonchev–Trinajstić information content (AvgIpc) is 2.76. The number of hydrogen-bond acceptors (Lipinski definition) is 6. The van der Waals surface area contributed by atoms with Gasteiger partial charge in [0.1, 0.15) is 0 Å². The predicted octanol–water partition coefficient (Wildman–Crippen LogP) is 0.575. The molecule has 86 valence electrons. The van der Waals surface area contributed by atoms with Crippen molar-refractivity contribution in [1.29, 1.82) is 0 Å². The highest BCUT2D eigenvalue weighted by molar-refractivity contribution is 5.53. The Hall–Kier alpha value is -1.89. The summed E-state index contributed by atoms with van der Waals surface area (Å²) >= 11 is 0. The summed E-state index contributed by atoms with van der Waals surface area (Å²) in [6.07, 6.45) is 1.86. The lowest BCUT2D eigenvalue weighted by Gasteiger charge is -1.96. The molecule has 16 heavy (non-hydrogen) atoms. The van der Waals surface area contributed by atoms with Crippen LogP contribution in [0.4, 0.5) is 11.7 Å². The van der Waals surface area contributed by atoms with Crippen molar-refractivity contribution in [3.63, 3.8) is 0 Å². The van der Waals surface area contributed by atoms with Crippen LogP contribution in [0, 0.1) is 6.92 Å². The molecular weight excluding hydrogens is 208 g/mol. The Labute approximate surface area is 92.9 Å². The lowest BCUT2D eigenvalue weighted by Crippen LogP contribution is -2.04. The standard InChI is InChI=1S/C9H14N6O/c1-6-7(5-15(3)14-6)11-9-13-12-8(16-9)4-10-2/h5,10H,4H2,1-3H3,(H,11,13). The molecule has 2 aromatic rings. The first kappa shape index (κ1) is 10.6. The zero-order chi connectivity index (χ0) is 11.5. The number of hydrogen-bond donors (Lipinski definition) is 2. The topological polar surface area (TPSA) is 80.8 Å². The van der Waals surface area contributed by atoms with Crippen LogP contribution in [-0.2, 0) is 13.6 Å². The summed E-state index contributed by atoms with van der Waals surface area (Å²) in [5.41, 5.74) is 1.75. The molecule has 2 N–H and O–H groups in total. The fraction of sp³-hybridized carbons (Fsp3) is 0.444. The van der Waals surface area contributed by atoms with Crippen LogP contribution in [0.5, 0.6) is 0 Å². The minimum absolute atomic E-state index is 0.376. The molecule has 0 spiro atoms. The first-order valence-electron chi connectivity index (χ1n) is 4.93. The second-order valence-electron chi connectivity index (χ2n) is 3.46. The SMILES string of the molecule is CNCc1nnc(Nc2cn(C)nc2C)o1. The fourth-order valence-electron chi connectivity index (χ4n) is 1.36. The molecule has 2 heterocycles. The summed E-state index contributed by atoms with van der Waals surface area (Å²) in [5.74, 6) is 0.548. The van der Waals surface area contributed by atoms with Crippen LogP contribution in [0.2, 0.25) is 0 Å². The maximum absolute atomic E-state index is 5.36. The molecule has 0 unspecified atom stereocenters. The molecule has 2 rings (SSSR count). The molecule has 7 nitrogen and oxygen atoms in total. The van der Waals surface area contributed by atoms with Gasteiger partial charge >= 0.3 is 6.01 Å². The van der Waals surface area contributed by atoms with Crippen molar-refractivity contribution in [2.24, 2.45) is 7.05 Å². The van der Waals surface area contributed by atoms with Gasteiger partial charge in [0.05, 0.1) is 17.9 Å². The summed E-state index contributed by atoms with van der Waals surface area (Å²) in [6, 6.07) is 0.376. The maximum Gasteiger partial charge on any atom is 0.320 e. The van der Waals surface area contributed by atoms with E-state index in [1.54, 1.807) is 4.68 Å². The van der Waals surface area contributed by atoms with E-state index in [2.05, 4.69) is 25.9 Å². The van der Waals surface area contributed by atoms with Crippen molar-refractivity contribution in [3.05, 3.63) is 17.8 Å². The third-order valence-electron chi connectivity index (χ3n) is 2.05. The number of rotatable bonds is 4. The zero-order valence-corrected chi connectivity index (χ0v) is 9.48. The number of anilines is 2. The van der Waals surface area contributed by atoms with Crippen LogP contribution in [0.3, 0.4) is 0 Å². The summed E-state index contributed by atoms with van der Waals surface area (Å²) in [7, 11) is 3.68. The van der Waals surface area contributed by atoms with Gasteiger partial charge in [0, 0.05) is 13.2 Å². The van der Waals surface area contributed by atoms with Crippen LogP contribution >= 0.6 is 0 Å². The number of aryl methyl sites for hydroxylation is 2. The minimum atomic E-state index is 0.376. The normalized spacial score (nSPS) is 10.7. The second kappa shape index (κ2) is 4.31. The molecule has 0 saturated heterocycles. The van der Waals surface area contributed by atoms with Crippen LogP contribution in [0.25, 0.3) is 0 Å². The van der Waals surface area contributed by atoms with Crippen molar-refractivity contribution in [2.75, 3.05) is 12.4 Å². The number of nitrogens with one attached hydrogen (secondary N) is 2. The van der Waals surface area contributed by atoms with Gasteiger partial charge in [-0.2, -0.15) is 5.10 Å². The minimum Gasteiger partial charge on any atom is -0.406 e. The van der Waals surface area contributed by atoms with Gasteiger partial charge in [-0.1, -0.05) is 5.10 Å². The van der Waals surface area contributed by atoms with Gasteiger partial charge < -0.3 is 15.1 Å². The Morgan fingerprint density at radius 1 is 1.44 bits per heavy atom. The van der Waals surface area contributed by atoms with E-state index in [1.807, 2.05) is 27.2 Å². The molecule has 0 aromatic carbocycles. The number of aromatic nitrogens is 4. The lowest BCUT2D eigenvalue weighted by atomic mass is 10.4. The van der Waals surface area contributed by atoms with Crippen molar-refractivity contribution >= 4 is 11.7 Å². The molecular formula is C9H14N6O. The van der Waals surface area contributed by atoms with Gasteiger partial charge in [0.15, 0.2) is 0 Å². The Morgan fingerprint density at radius 2 is 2.25 bits per heavy atom. The Kier molecular flexibility index (Phi) is 2.86. The first-order chi connectivity index (χ1) is 7.69. The van der Waals surface area contributed by atoms with Gasteiger partial charge in [-0.15, -0.1) is 5.10 Å². The fourth-order valence-corrected chi connectivity index (χ4v) is 1.36. The van der Waals surface area contributed by atoms with E-state index in [1.165, 1.54) is 0 Å². The van der Waals surface area contributed by atoms with Gasteiger partial charge in [-0.25, -0.2) is 0 Å². The molecule has 0 amide bonds. The van der Waals surface area contributed by atoms with Gasteiger partial charge in [0.2, 0.25) is 5.89 Å². The van der Waals surface area contributed by atoms with E-state index in [0.29, 0.717) is 18.5 Å². The predicted molar refractivity (Wildman–Crippen MR) is 58.3 cm³/mol. The molecule has 0 fully saturated rings. The van der Waals surface area contributed by atoms with E-state index in [0.717, 1.165) is 11.4 Å². The molecule has 0 aliphatic rings. The van der Waals surface area contributed by atoms with Crippen LogP contribution < -0.4 is 10.6 Å². The second-order valence-corrected chi connectivity index (χ2v) is 3.46. The third kappa shape index (κ3) is 2.19. The lowest BCUT2D eigenvalue weighted by molar-refractivity contribution is 0.493. The molecule has 0 saturated carbocycles. The van der Waals surface area contributed by atoms with Crippen LogP contribution in [-0.4, -0.2) is 27.0 Å². The van der Waals surface area contributed by atoms with Crippen LogP contribution in [0.1, 0.15) is 11.6 Å². The molecule has 7 heteroatoms. The first-order valence-corrected chi connectivity index (χ1v) is 4.93. The highest BCUT2D eigenvalue weighted by Crippen LogP contribution is 2.17. The van der Waals surface area contributed by atoms with E-state index in [9.17, 15) is 0 Å². The Bertz CT molecular complexity index is 474. The third-order valence-corrected chi connectivity index (χ3v) is 2.05. The van der Waals surface area contributed by atoms with Crippen LogP contribution in [0.15, 0.2) is 10.6 Å². The average molecular weight is 222 g/mol. The monoisotopic (exact) mass is 222 g/mol. The smallest absolute Gasteiger partial charge is 0.320 e. The highest BCUT2D eigenvalue weighted by atomic mass is 16.4. The summed E-state index contributed by atoms with van der Waals surface area (Å²) in [4.78, 5) is 0. The quantitative estimate of drug-likeness (QED) is 0.787. The molecule has 0 atom stereocenters. The molecule has 0 radical (unpaired) electrons. The van der Waals surface area contributed by atoms with Gasteiger partial charge in [-0.05, 0) is 14.0 Å². The summed E-state index contributed by atoms with van der Waals surface area (Å²) in [5, 5.41) is 17.9. The molecule has 0 bridgehead atoms. The van der Waals surface area contributed by atoms with Crippen molar-refractivity contribution in [2.45, 2.75) is 13.5 Å². The van der Waals surface area contributed by atoms with Gasteiger partial charge in [-0.3, -0.25) is 4.68 Å². The van der Waals surface area contributed by atoms with Crippen molar-refractivity contribution < 1.29 is 4.42 Å². The number of nitrogens with zero attached hydrogens (tertiary/aromatic N) is 4. The molecule has 0 aliphatic carbocycles. The largest absolute Gasteiger partial charge is 0.406 e. The zero-order valence-electron chi connectivity index (χ0n) is 9.48. The Morgan fingerprint density at radius 3 is 2.88 bits per heavy atom. The summed E-state index contributed by atoms with van der Waals surface area (Å²) < 4.78 is 7.08. The maximum atomic E-state index is 5.36. The van der Waals surface area contributed by atoms with Crippen molar-refractivity contribution in [1.82, 2.24) is 25.3 Å². The molecule has 0 aliphatic heterocycles. The Balaban J connectivity index is 2.11.